The zero-order valence-corrected chi connectivity index (χ0v) is 10.2. The zero-order chi connectivity index (χ0) is 13.6. The molecule has 3 aromatic rings. The molecule has 0 aliphatic rings. The first-order valence-corrected chi connectivity index (χ1v) is 5.70. The fourth-order valence-corrected chi connectivity index (χ4v) is 2.03. The van der Waals surface area contributed by atoms with Crippen LogP contribution in [0.2, 0.25) is 5.02 Å². The lowest BCUT2D eigenvalue weighted by atomic mass is 10.1. The molecular weight excluding hydrogens is 274 g/mol. The van der Waals surface area contributed by atoms with Gasteiger partial charge in [-0.15, -0.1) is 5.10 Å². The second kappa shape index (κ2) is 4.17. The van der Waals surface area contributed by atoms with Crippen LogP contribution in [0.15, 0.2) is 30.5 Å². The van der Waals surface area contributed by atoms with Crippen molar-refractivity contribution in [2.24, 2.45) is 0 Å². The van der Waals surface area contributed by atoms with Crippen molar-refractivity contribution in [3.8, 4) is 11.3 Å². The Morgan fingerprint density at radius 3 is 2.84 bits per heavy atom. The van der Waals surface area contributed by atoms with E-state index in [4.69, 9.17) is 17.3 Å². The normalized spacial score (nSPS) is 11.1. The first kappa shape index (κ1) is 11.9. The molecule has 2 heterocycles. The smallest absolute Gasteiger partial charge is 0.238 e. The highest BCUT2D eigenvalue weighted by molar-refractivity contribution is 6.31. The number of halogens is 3. The Labute approximate surface area is 111 Å². The number of nitrogen functional groups attached to an aromatic ring is 1. The van der Waals surface area contributed by atoms with Crippen molar-refractivity contribution < 1.29 is 8.78 Å². The van der Waals surface area contributed by atoms with Crippen LogP contribution in [0, 0.1) is 11.6 Å². The van der Waals surface area contributed by atoms with E-state index in [2.05, 4.69) is 10.1 Å². The fourth-order valence-electron chi connectivity index (χ4n) is 1.86. The number of fused-ring (bicyclic) bond motifs is 1. The van der Waals surface area contributed by atoms with E-state index in [1.165, 1.54) is 22.8 Å². The molecule has 1 aromatic carbocycles. The molecule has 96 valence electrons. The van der Waals surface area contributed by atoms with Crippen LogP contribution in [-0.4, -0.2) is 14.6 Å². The van der Waals surface area contributed by atoms with Crippen molar-refractivity contribution in [3.05, 3.63) is 47.1 Å². The number of hydrogen-bond acceptors (Lipinski definition) is 3. The Morgan fingerprint density at radius 1 is 1.26 bits per heavy atom. The summed E-state index contributed by atoms with van der Waals surface area (Å²) in [5.41, 5.74) is 5.94. The molecule has 0 amide bonds. The summed E-state index contributed by atoms with van der Waals surface area (Å²) in [6.07, 6.45) is 1.24. The molecule has 19 heavy (non-hydrogen) atoms. The van der Waals surface area contributed by atoms with Crippen molar-refractivity contribution in [2.75, 3.05) is 5.73 Å². The molecule has 3 rings (SSSR count). The monoisotopic (exact) mass is 280 g/mol. The van der Waals surface area contributed by atoms with Gasteiger partial charge in [-0.25, -0.2) is 18.3 Å². The third kappa shape index (κ3) is 1.80. The van der Waals surface area contributed by atoms with Gasteiger partial charge in [-0.1, -0.05) is 17.7 Å². The van der Waals surface area contributed by atoms with Gasteiger partial charge in [-0.2, -0.15) is 0 Å². The van der Waals surface area contributed by atoms with Crippen LogP contribution in [0.1, 0.15) is 0 Å². The highest BCUT2D eigenvalue weighted by atomic mass is 35.5. The van der Waals surface area contributed by atoms with Crippen LogP contribution in [0.4, 0.5) is 14.7 Å². The summed E-state index contributed by atoms with van der Waals surface area (Å²) in [6, 6.07) is 5.64. The molecule has 0 spiro atoms. The molecule has 0 bridgehead atoms. The summed E-state index contributed by atoms with van der Waals surface area (Å²) in [6.45, 7) is 0. The highest BCUT2D eigenvalue weighted by Crippen LogP contribution is 2.29. The van der Waals surface area contributed by atoms with Gasteiger partial charge in [0.2, 0.25) is 5.95 Å². The Balaban J connectivity index is 2.37. The third-order valence-electron chi connectivity index (χ3n) is 2.71. The van der Waals surface area contributed by atoms with Crippen molar-refractivity contribution in [3.63, 3.8) is 0 Å². The van der Waals surface area contributed by atoms with Gasteiger partial charge in [0.15, 0.2) is 11.6 Å². The van der Waals surface area contributed by atoms with Crippen LogP contribution in [0.3, 0.4) is 0 Å². The molecule has 2 N–H and O–H groups in total. The van der Waals surface area contributed by atoms with Gasteiger partial charge >= 0.3 is 0 Å². The summed E-state index contributed by atoms with van der Waals surface area (Å²) in [4.78, 5) is 3.70. The molecule has 2 aromatic heterocycles. The van der Waals surface area contributed by atoms with Crippen LogP contribution < -0.4 is 5.73 Å². The molecule has 0 radical (unpaired) electrons. The second-order valence-electron chi connectivity index (χ2n) is 3.89. The van der Waals surface area contributed by atoms with Crippen LogP contribution >= 0.6 is 11.6 Å². The first-order chi connectivity index (χ1) is 9.08. The van der Waals surface area contributed by atoms with E-state index in [1.54, 1.807) is 6.07 Å². The van der Waals surface area contributed by atoms with Gasteiger partial charge in [-0.05, 0) is 12.1 Å². The zero-order valence-electron chi connectivity index (χ0n) is 9.44. The van der Waals surface area contributed by atoms with E-state index < -0.39 is 11.6 Å². The minimum absolute atomic E-state index is 0.0354. The fraction of sp³-hybridized carbons (Fsp3) is 0. The topological polar surface area (TPSA) is 56.2 Å². The van der Waals surface area contributed by atoms with Crippen LogP contribution in [0.5, 0.6) is 0 Å². The molecule has 0 atom stereocenters. The lowest BCUT2D eigenvalue weighted by Crippen LogP contribution is -2.02. The Morgan fingerprint density at radius 2 is 2.05 bits per heavy atom. The van der Waals surface area contributed by atoms with E-state index in [-0.39, 0.29) is 27.7 Å². The summed E-state index contributed by atoms with van der Waals surface area (Å²) < 4.78 is 28.9. The molecule has 0 saturated heterocycles. The quantitative estimate of drug-likeness (QED) is 0.746. The summed E-state index contributed by atoms with van der Waals surface area (Å²) in [5.74, 6) is -1.23. The second-order valence-corrected chi connectivity index (χ2v) is 4.30. The summed E-state index contributed by atoms with van der Waals surface area (Å²) in [7, 11) is 0. The van der Waals surface area contributed by atoms with Gasteiger partial charge in [0.25, 0.3) is 0 Å². The van der Waals surface area contributed by atoms with E-state index in [0.29, 0.717) is 0 Å². The molecule has 0 aliphatic heterocycles. The molecule has 4 nitrogen and oxygen atoms in total. The standard InChI is InChI=1S/C12H7ClF2N4/c13-7-3-1-2-6(11(7)15)9-4-8(14)10-5-17-12(16)18-19(9)10/h1-5H,(H2,16,18). The summed E-state index contributed by atoms with van der Waals surface area (Å²) >= 11 is 5.72. The lowest BCUT2D eigenvalue weighted by Gasteiger charge is -2.04. The number of nitrogens with zero attached hydrogens (tertiary/aromatic N) is 3. The predicted octanol–water partition coefficient (Wildman–Crippen LogP) is 2.91. The first-order valence-electron chi connectivity index (χ1n) is 5.32. The molecular formula is C12H7ClF2N4. The van der Waals surface area contributed by atoms with Gasteiger partial charge in [-0.3, -0.25) is 0 Å². The number of benzene rings is 1. The predicted molar refractivity (Wildman–Crippen MR) is 67.8 cm³/mol. The van der Waals surface area contributed by atoms with Crippen LogP contribution in [-0.2, 0) is 0 Å². The van der Waals surface area contributed by atoms with Crippen molar-refractivity contribution in [1.29, 1.82) is 0 Å². The van der Waals surface area contributed by atoms with Gasteiger partial charge in [0.05, 0.1) is 16.9 Å². The van der Waals surface area contributed by atoms with Crippen molar-refractivity contribution >= 4 is 23.1 Å². The molecule has 0 unspecified atom stereocenters. The van der Waals surface area contributed by atoms with E-state index in [1.807, 2.05) is 0 Å². The molecule has 0 saturated carbocycles. The Hall–Kier alpha value is -2.21. The SMILES string of the molecule is Nc1ncc2c(F)cc(-c3cccc(Cl)c3F)n2n1. The molecule has 7 heteroatoms. The maximum atomic E-state index is 14.0. The van der Waals surface area contributed by atoms with Crippen LogP contribution in [0.25, 0.3) is 16.8 Å². The van der Waals surface area contributed by atoms with E-state index >= 15 is 0 Å². The maximum absolute atomic E-state index is 14.0. The average molecular weight is 281 g/mol. The lowest BCUT2D eigenvalue weighted by molar-refractivity contribution is 0.630. The maximum Gasteiger partial charge on any atom is 0.238 e. The number of rotatable bonds is 1. The van der Waals surface area contributed by atoms with E-state index in [9.17, 15) is 8.78 Å². The molecule has 0 fully saturated rings. The van der Waals surface area contributed by atoms with Crippen molar-refractivity contribution in [2.45, 2.75) is 0 Å². The third-order valence-corrected chi connectivity index (χ3v) is 3.01. The number of nitrogens with two attached hydrogens (primary N) is 1. The Kier molecular flexibility index (Phi) is 2.60. The van der Waals surface area contributed by atoms with Gasteiger partial charge in [0.1, 0.15) is 5.52 Å². The molecule has 0 aliphatic carbocycles. The minimum atomic E-state index is -0.638. The minimum Gasteiger partial charge on any atom is -0.367 e. The number of anilines is 1. The van der Waals surface area contributed by atoms with Crippen molar-refractivity contribution in [1.82, 2.24) is 14.6 Å². The summed E-state index contributed by atoms with van der Waals surface area (Å²) in [5, 5.41) is 3.83. The average Bonchev–Trinajstić information content (AvgIpc) is 2.70. The Bertz CT molecular complexity index is 785. The van der Waals surface area contributed by atoms with E-state index in [0.717, 1.165) is 6.07 Å². The number of aromatic nitrogens is 3. The van der Waals surface area contributed by atoms with Gasteiger partial charge < -0.3 is 5.73 Å². The number of hydrogen-bond donors (Lipinski definition) is 1. The highest BCUT2D eigenvalue weighted by Gasteiger charge is 2.16. The van der Waals surface area contributed by atoms with Gasteiger partial charge in [0, 0.05) is 11.6 Å². The largest absolute Gasteiger partial charge is 0.367 e.